The second-order valence-electron chi connectivity index (χ2n) is 7.05. The van der Waals surface area contributed by atoms with Crippen LogP contribution < -0.4 is 10.3 Å². The highest BCUT2D eigenvalue weighted by Gasteiger charge is 2.14. The van der Waals surface area contributed by atoms with Crippen LogP contribution in [-0.4, -0.2) is 27.9 Å². The molecule has 154 valence electrons. The first-order valence-corrected chi connectivity index (χ1v) is 10.2. The van der Waals surface area contributed by atoms with E-state index in [0.29, 0.717) is 30.6 Å². The van der Waals surface area contributed by atoms with E-state index < -0.39 is 5.56 Å². The number of hydrogen-bond donors (Lipinski definition) is 2. The van der Waals surface area contributed by atoms with Crippen molar-refractivity contribution in [3.8, 4) is 23.1 Å². The monoisotopic (exact) mass is 422 g/mol. The number of rotatable bonds is 5. The molecule has 2 N–H and O–H groups in total. The summed E-state index contributed by atoms with van der Waals surface area (Å²) in [6.07, 6.45) is 5.42. The minimum Gasteiger partial charge on any atom is -0.494 e. The van der Waals surface area contributed by atoms with Gasteiger partial charge < -0.3 is 14.6 Å². The van der Waals surface area contributed by atoms with Gasteiger partial charge in [0, 0.05) is 13.2 Å². The van der Waals surface area contributed by atoms with E-state index in [1.165, 1.54) is 4.57 Å². The Morgan fingerprint density at radius 3 is 2.43 bits per heavy atom. The Morgan fingerprint density at radius 1 is 1.07 bits per heavy atom. The molecule has 30 heavy (non-hydrogen) atoms. The Labute approximate surface area is 179 Å². The van der Waals surface area contributed by atoms with Crippen molar-refractivity contribution < 1.29 is 14.6 Å². The molecule has 1 aliphatic rings. The van der Waals surface area contributed by atoms with Gasteiger partial charge in [-0.15, -0.1) is 0 Å². The average Bonchev–Trinajstić information content (AvgIpc) is 2.76. The molecule has 0 spiro atoms. The van der Waals surface area contributed by atoms with Crippen molar-refractivity contribution in [2.24, 2.45) is 5.92 Å². The molecule has 1 aromatic heterocycles. The number of benzene rings is 2. The minimum absolute atomic E-state index is 0.123. The van der Waals surface area contributed by atoms with Crippen molar-refractivity contribution in [2.75, 3.05) is 13.2 Å². The Morgan fingerprint density at radius 2 is 1.73 bits per heavy atom. The number of nitrogens with one attached hydrogen (secondary N) is 1. The summed E-state index contributed by atoms with van der Waals surface area (Å²) in [7, 11) is 0. The van der Waals surface area contributed by atoms with E-state index in [0.717, 1.165) is 18.6 Å². The van der Waals surface area contributed by atoms with Crippen molar-refractivity contribution in [2.45, 2.75) is 12.8 Å². The highest BCUT2D eigenvalue weighted by atomic mass is 32.1. The van der Waals surface area contributed by atoms with Gasteiger partial charge in [-0.3, -0.25) is 14.3 Å². The quantitative estimate of drug-likeness (QED) is 0.576. The molecule has 1 saturated heterocycles. The summed E-state index contributed by atoms with van der Waals surface area (Å²) in [5, 5.41) is 10.8. The van der Waals surface area contributed by atoms with Crippen molar-refractivity contribution in [3.05, 3.63) is 81.4 Å². The lowest BCUT2D eigenvalue weighted by atomic mass is 9.99. The molecule has 0 atom stereocenters. The number of aromatic nitrogens is 2. The van der Waals surface area contributed by atoms with E-state index in [2.05, 4.69) is 4.98 Å². The third-order valence-electron chi connectivity index (χ3n) is 5.00. The summed E-state index contributed by atoms with van der Waals surface area (Å²) in [6, 6.07) is 16.6. The molecule has 4 rings (SSSR count). The van der Waals surface area contributed by atoms with Gasteiger partial charge in [0.25, 0.3) is 5.56 Å². The Kier molecular flexibility index (Phi) is 6.11. The van der Waals surface area contributed by atoms with Crippen LogP contribution >= 0.6 is 12.2 Å². The molecule has 2 heterocycles. The van der Waals surface area contributed by atoms with E-state index in [-0.39, 0.29) is 16.2 Å². The normalized spacial score (nSPS) is 14.8. The molecule has 6 nitrogen and oxygen atoms in total. The number of ether oxygens (including phenoxy) is 2. The minimum atomic E-state index is -0.416. The average molecular weight is 423 g/mol. The fourth-order valence-corrected chi connectivity index (χ4v) is 3.64. The topological polar surface area (TPSA) is 76.5 Å². The van der Waals surface area contributed by atoms with Crippen LogP contribution in [0.25, 0.3) is 11.8 Å². The van der Waals surface area contributed by atoms with Crippen LogP contribution in [0.3, 0.4) is 0 Å². The van der Waals surface area contributed by atoms with Crippen LogP contribution in [-0.2, 0) is 4.74 Å². The molecule has 2 aromatic carbocycles. The molecule has 0 aliphatic carbocycles. The van der Waals surface area contributed by atoms with Gasteiger partial charge in [0.15, 0.2) is 4.77 Å². The Bertz CT molecular complexity index is 1140. The lowest BCUT2D eigenvalue weighted by molar-refractivity contribution is 0.0787. The zero-order chi connectivity index (χ0) is 20.9. The summed E-state index contributed by atoms with van der Waals surface area (Å²) >= 11 is 5.29. The summed E-state index contributed by atoms with van der Waals surface area (Å²) in [4.78, 5) is 15.0. The third kappa shape index (κ3) is 4.53. The highest BCUT2D eigenvalue weighted by molar-refractivity contribution is 7.71. The maximum Gasteiger partial charge on any atom is 0.262 e. The van der Waals surface area contributed by atoms with Crippen LogP contribution in [0, 0.1) is 10.7 Å². The van der Waals surface area contributed by atoms with Crippen LogP contribution in [0.5, 0.6) is 17.4 Å². The molecule has 0 radical (unpaired) electrons. The molecule has 1 aliphatic heterocycles. The second kappa shape index (κ2) is 9.11. The Hall–Kier alpha value is -3.16. The maximum atomic E-state index is 12.4. The van der Waals surface area contributed by atoms with E-state index >= 15 is 0 Å². The van der Waals surface area contributed by atoms with E-state index in [1.54, 1.807) is 30.3 Å². The molecular weight excluding hydrogens is 400 g/mol. The molecule has 0 bridgehead atoms. The van der Waals surface area contributed by atoms with Crippen LogP contribution in [0.4, 0.5) is 0 Å². The number of para-hydroxylation sites is 1. The van der Waals surface area contributed by atoms with Crippen LogP contribution in [0.15, 0.2) is 65.5 Å². The zero-order valence-corrected chi connectivity index (χ0v) is 17.1. The standard InChI is InChI=1S/C23H22N2O4S/c26-21-20(11-6-16-12-14-28-15-13-16)22(27)25(23(30)24-21)17-7-9-19(10-8-17)29-18-4-2-1-3-5-18/h1-11,16,27H,12-15H2,(H,24,26,30). The molecule has 0 amide bonds. The highest BCUT2D eigenvalue weighted by Crippen LogP contribution is 2.26. The molecule has 7 heteroatoms. The van der Waals surface area contributed by atoms with Gasteiger partial charge in [0.05, 0.1) is 11.3 Å². The summed E-state index contributed by atoms with van der Waals surface area (Å²) < 4.78 is 12.7. The van der Waals surface area contributed by atoms with Gasteiger partial charge in [-0.1, -0.05) is 24.3 Å². The predicted molar refractivity (Wildman–Crippen MR) is 118 cm³/mol. The van der Waals surface area contributed by atoms with Gasteiger partial charge in [0.1, 0.15) is 11.5 Å². The molecule has 0 unspecified atom stereocenters. The Balaban J connectivity index is 1.62. The number of hydrogen-bond acceptors (Lipinski definition) is 5. The van der Waals surface area contributed by atoms with Gasteiger partial charge in [-0.25, -0.2) is 0 Å². The SMILES string of the molecule is O=c1[nH]c(=S)n(-c2ccc(Oc3ccccc3)cc2)c(O)c1C=CC1CCOCC1. The number of aromatic hydroxyl groups is 1. The lowest BCUT2D eigenvalue weighted by Crippen LogP contribution is -2.17. The summed E-state index contributed by atoms with van der Waals surface area (Å²) in [5.41, 5.74) is 0.385. The van der Waals surface area contributed by atoms with Crippen molar-refractivity contribution in [1.82, 2.24) is 9.55 Å². The largest absolute Gasteiger partial charge is 0.494 e. The number of H-pyrrole nitrogens is 1. The van der Waals surface area contributed by atoms with E-state index in [9.17, 15) is 9.90 Å². The third-order valence-corrected chi connectivity index (χ3v) is 5.28. The second-order valence-corrected chi connectivity index (χ2v) is 7.44. The molecule has 1 fully saturated rings. The van der Waals surface area contributed by atoms with E-state index in [1.807, 2.05) is 36.4 Å². The maximum absolute atomic E-state index is 12.4. The van der Waals surface area contributed by atoms with Gasteiger partial charge in [0.2, 0.25) is 5.88 Å². The van der Waals surface area contributed by atoms with Gasteiger partial charge in [-0.05, 0) is 73.5 Å². The zero-order valence-electron chi connectivity index (χ0n) is 16.3. The van der Waals surface area contributed by atoms with Crippen LogP contribution in [0.1, 0.15) is 18.4 Å². The first-order chi connectivity index (χ1) is 14.6. The number of allylic oxidation sites excluding steroid dienone is 1. The summed E-state index contributed by atoms with van der Waals surface area (Å²) in [5.74, 6) is 1.52. The first-order valence-electron chi connectivity index (χ1n) is 9.79. The van der Waals surface area contributed by atoms with Crippen molar-refractivity contribution >= 4 is 18.3 Å². The molecular formula is C23H22N2O4S. The first kappa shape index (κ1) is 20.1. The molecule has 3 aromatic rings. The van der Waals surface area contributed by atoms with Crippen molar-refractivity contribution in [1.29, 1.82) is 0 Å². The fraction of sp³-hybridized carbons (Fsp3) is 0.217. The van der Waals surface area contributed by atoms with Gasteiger partial charge in [-0.2, -0.15) is 0 Å². The lowest BCUT2D eigenvalue weighted by Gasteiger charge is -2.18. The van der Waals surface area contributed by atoms with Crippen molar-refractivity contribution in [3.63, 3.8) is 0 Å². The van der Waals surface area contributed by atoms with Gasteiger partial charge >= 0.3 is 0 Å². The summed E-state index contributed by atoms with van der Waals surface area (Å²) in [6.45, 7) is 1.42. The predicted octanol–water partition coefficient (Wildman–Crippen LogP) is 4.83. The smallest absolute Gasteiger partial charge is 0.262 e. The number of nitrogens with zero attached hydrogens (tertiary/aromatic N) is 1. The fourth-order valence-electron chi connectivity index (χ4n) is 3.36. The van der Waals surface area contributed by atoms with Crippen LogP contribution in [0.2, 0.25) is 0 Å². The van der Waals surface area contributed by atoms with E-state index in [4.69, 9.17) is 21.7 Å². The number of aromatic amines is 1. The molecule has 0 saturated carbocycles.